The summed E-state index contributed by atoms with van der Waals surface area (Å²) in [6.07, 6.45) is 2.90. The molecule has 1 aliphatic rings. The number of hydrogen-bond donors (Lipinski definition) is 0. The van der Waals surface area contributed by atoms with Gasteiger partial charge in [0.05, 0.1) is 11.9 Å². The van der Waals surface area contributed by atoms with Crippen LogP contribution in [0.15, 0.2) is 35.5 Å². The molecule has 1 fully saturated rings. The molecule has 8 nitrogen and oxygen atoms in total. The summed E-state index contributed by atoms with van der Waals surface area (Å²) in [5, 5.41) is 3.86. The van der Waals surface area contributed by atoms with Crippen molar-refractivity contribution in [3.8, 4) is 0 Å². The van der Waals surface area contributed by atoms with E-state index in [0.717, 1.165) is 22.5 Å². The minimum Gasteiger partial charge on any atom is -0.274 e. The number of hydrogen-bond acceptors (Lipinski definition) is 5. The third-order valence-electron chi connectivity index (χ3n) is 4.47. The molecule has 0 atom stereocenters. The molecule has 154 valence electrons. The zero-order valence-electron chi connectivity index (χ0n) is 15.1. The molecule has 0 spiro atoms. The van der Waals surface area contributed by atoms with Crippen LogP contribution in [0.1, 0.15) is 12.0 Å². The van der Waals surface area contributed by atoms with Crippen LogP contribution in [0.2, 0.25) is 0 Å². The first-order chi connectivity index (χ1) is 13.1. The van der Waals surface area contributed by atoms with Crippen molar-refractivity contribution in [1.82, 2.24) is 18.4 Å². The second kappa shape index (κ2) is 7.85. The van der Waals surface area contributed by atoms with E-state index in [0.29, 0.717) is 0 Å². The average Bonchev–Trinajstić information content (AvgIpc) is 2.90. The highest BCUT2D eigenvalue weighted by atomic mass is 32.2. The van der Waals surface area contributed by atoms with Crippen LogP contribution in [0.5, 0.6) is 0 Å². The van der Waals surface area contributed by atoms with Gasteiger partial charge in [0.15, 0.2) is 0 Å². The van der Waals surface area contributed by atoms with E-state index in [4.69, 9.17) is 0 Å². The van der Waals surface area contributed by atoms with Gasteiger partial charge in [-0.3, -0.25) is 4.68 Å². The Morgan fingerprint density at radius 1 is 1.04 bits per heavy atom. The highest BCUT2D eigenvalue weighted by Crippen LogP contribution is 2.20. The fourth-order valence-corrected chi connectivity index (χ4v) is 6.03. The Labute approximate surface area is 162 Å². The minimum absolute atomic E-state index is 0.0353. The second-order valence-corrected chi connectivity index (χ2v) is 10.4. The zero-order valence-corrected chi connectivity index (χ0v) is 16.8. The van der Waals surface area contributed by atoms with Crippen molar-refractivity contribution in [2.45, 2.75) is 17.1 Å². The third-order valence-corrected chi connectivity index (χ3v) is 8.15. The van der Waals surface area contributed by atoms with Crippen LogP contribution in [-0.2, 0) is 32.8 Å². The Morgan fingerprint density at radius 3 is 2.39 bits per heavy atom. The van der Waals surface area contributed by atoms with Gasteiger partial charge in [-0.1, -0.05) is 0 Å². The molecule has 2 heterocycles. The van der Waals surface area contributed by atoms with E-state index in [1.54, 1.807) is 7.05 Å². The Balaban J connectivity index is 1.75. The number of rotatable bonds is 5. The molecule has 0 saturated carbocycles. The van der Waals surface area contributed by atoms with E-state index in [-0.39, 0.29) is 43.1 Å². The molecule has 1 aromatic heterocycles. The van der Waals surface area contributed by atoms with E-state index in [2.05, 4.69) is 5.10 Å². The first-order valence-electron chi connectivity index (χ1n) is 8.50. The lowest BCUT2D eigenvalue weighted by atomic mass is 10.2. The van der Waals surface area contributed by atoms with Gasteiger partial charge in [-0.15, -0.1) is 0 Å². The number of nitrogens with zero attached hydrogens (tertiary/aromatic N) is 4. The van der Waals surface area contributed by atoms with Crippen molar-refractivity contribution in [1.29, 1.82) is 0 Å². The minimum atomic E-state index is -3.94. The van der Waals surface area contributed by atoms with Gasteiger partial charge in [-0.25, -0.2) is 29.9 Å². The second-order valence-electron chi connectivity index (χ2n) is 6.50. The quantitative estimate of drug-likeness (QED) is 0.698. The SMILES string of the molecule is Cn1cc(S(=O)(=O)N2CCCN(S(=O)(=O)Cc3cc(F)ccc3F)CC2)cn1. The number of sulfonamides is 2. The molecular weight excluding hydrogens is 414 g/mol. The molecule has 0 N–H and O–H groups in total. The molecule has 0 amide bonds. The smallest absolute Gasteiger partial charge is 0.246 e. The highest BCUT2D eigenvalue weighted by Gasteiger charge is 2.32. The normalized spacial score (nSPS) is 17.5. The van der Waals surface area contributed by atoms with Crippen LogP contribution < -0.4 is 0 Å². The average molecular weight is 434 g/mol. The first-order valence-corrected chi connectivity index (χ1v) is 11.5. The summed E-state index contributed by atoms with van der Waals surface area (Å²) in [6.45, 7) is 0.136. The standard InChI is InChI=1S/C16H20F2N4O4S2/c1-20-11-15(10-19-20)28(25,26)22-6-2-5-21(7-8-22)27(23,24)12-13-9-14(17)3-4-16(13)18/h3-4,9-11H,2,5-8,12H2,1H3. The molecule has 0 bridgehead atoms. The van der Waals surface area contributed by atoms with Crippen molar-refractivity contribution in [2.75, 3.05) is 26.2 Å². The van der Waals surface area contributed by atoms with Gasteiger partial charge >= 0.3 is 0 Å². The maximum absolute atomic E-state index is 13.8. The summed E-state index contributed by atoms with van der Waals surface area (Å²) >= 11 is 0. The Kier molecular flexibility index (Phi) is 5.84. The van der Waals surface area contributed by atoms with E-state index in [9.17, 15) is 25.6 Å². The van der Waals surface area contributed by atoms with Gasteiger partial charge in [0.2, 0.25) is 20.0 Å². The summed E-state index contributed by atoms with van der Waals surface area (Å²) in [5.74, 6) is -2.22. The van der Waals surface area contributed by atoms with Crippen LogP contribution in [-0.4, -0.2) is 61.4 Å². The van der Waals surface area contributed by atoms with Crippen LogP contribution in [0.4, 0.5) is 8.78 Å². The molecule has 1 aliphatic heterocycles. The fourth-order valence-electron chi connectivity index (χ4n) is 3.01. The van der Waals surface area contributed by atoms with Gasteiger partial charge < -0.3 is 0 Å². The number of aromatic nitrogens is 2. The Morgan fingerprint density at radius 2 is 1.71 bits per heavy atom. The van der Waals surface area contributed by atoms with Crippen molar-refractivity contribution in [3.05, 3.63) is 47.8 Å². The summed E-state index contributed by atoms with van der Waals surface area (Å²) in [7, 11) is -6.13. The molecule has 28 heavy (non-hydrogen) atoms. The largest absolute Gasteiger partial charge is 0.274 e. The van der Waals surface area contributed by atoms with E-state index < -0.39 is 37.4 Å². The Bertz CT molecular complexity index is 1070. The van der Waals surface area contributed by atoms with Gasteiger partial charge in [-0.05, 0) is 24.6 Å². The zero-order chi connectivity index (χ0) is 20.5. The van der Waals surface area contributed by atoms with Crippen molar-refractivity contribution >= 4 is 20.0 Å². The maximum atomic E-state index is 13.8. The molecule has 0 unspecified atom stereocenters. The number of halogens is 2. The van der Waals surface area contributed by atoms with E-state index in [1.807, 2.05) is 0 Å². The predicted octanol–water partition coefficient (Wildman–Crippen LogP) is 0.925. The summed E-state index contributed by atoms with van der Waals surface area (Å²) in [5.41, 5.74) is -0.260. The molecule has 0 aliphatic carbocycles. The van der Waals surface area contributed by atoms with Crippen LogP contribution in [0, 0.1) is 11.6 Å². The van der Waals surface area contributed by atoms with E-state index in [1.165, 1.54) is 21.4 Å². The molecule has 0 radical (unpaired) electrons. The van der Waals surface area contributed by atoms with Crippen molar-refractivity contribution in [3.63, 3.8) is 0 Å². The summed E-state index contributed by atoms with van der Waals surface area (Å²) in [6, 6.07) is 2.65. The number of aryl methyl sites for hydroxylation is 1. The van der Waals surface area contributed by atoms with Crippen molar-refractivity contribution < 1.29 is 25.6 Å². The van der Waals surface area contributed by atoms with Gasteiger partial charge in [-0.2, -0.15) is 9.40 Å². The highest BCUT2D eigenvalue weighted by molar-refractivity contribution is 7.89. The topological polar surface area (TPSA) is 92.6 Å². The predicted molar refractivity (Wildman–Crippen MR) is 97.1 cm³/mol. The lowest BCUT2D eigenvalue weighted by molar-refractivity contribution is 0.404. The van der Waals surface area contributed by atoms with Crippen LogP contribution in [0.25, 0.3) is 0 Å². The van der Waals surface area contributed by atoms with Gasteiger partial charge in [0.25, 0.3) is 0 Å². The monoisotopic (exact) mass is 434 g/mol. The first kappa shape index (κ1) is 20.8. The van der Waals surface area contributed by atoms with Crippen LogP contribution >= 0.6 is 0 Å². The molecule has 3 rings (SSSR count). The van der Waals surface area contributed by atoms with Crippen LogP contribution in [0.3, 0.4) is 0 Å². The summed E-state index contributed by atoms with van der Waals surface area (Å²) < 4.78 is 81.5. The van der Waals surface area contributed by atoms with Gasteiger partial charge in [0, 0.05) is 45.0 Å². The molecule has 1 aromatic carbocycles. The molecule has 12 heteroatoms. The maximum Gasteiger partial charge on any atom is 0.246 e. The third kappa shape index (κ3) is 4.40. The van der Waals surface area contributed by atoms with Crippen molar-refractivity contribution in [2.24, 2.45) is 7.05 Å². The molecule has 1 saturated heterocycles. The lowest BCUT2D eigenvalue weighted by Gasteiger charge is -2.21. The number of benzene rings is 1. The molecular formula is C16H20F2N4O4S2. The summed E-state index contributed by atoms with van der Waals surface area (Å²) in [4.78, 5) is 0.0353. The molecule has 2 aromatic rings. The fraction of sp³-hybridized carbons (Fsp3) is 0.438. The Hall–Kier alpha value is -1.89. The van der Waals surface area contributed by atoms with Gasteiger partial charge in [0.1, 0.15) is 16.5 Å². The van der Waals surface area contributed by atoms with E-state index >= 15 is 0 Å². The lowest BCUT2D eigenvalue weighted by Crippen LogP contribution is -2.37.